The van der Waals surface area contributed by atoms with Crippen LogP contribution in [0.3, 0.4) is 0 Å². The maximum atomic E-state index is 13.9. The number of benzene rings is 2. The molecule has 0 radical (unpaired) electrons. The lowest BCUT2D eigenvalue weighted by molar-refractivity contribution is -0.131. The second-order valence-corrected chi connectivity index (χ2v) is 6.87. The van der Waals surface area contributed by atoms with E-state index in [0.717, 1.165) is 29.7 Å². The second-order valence-electron chi connectivity index (χ2n) is 6.87. The van der Waals surface area contributed by atoms with Crippen molar-refractivity contribution in [2.75, 3.05) is 0 Å². The lowest BCUT2D eigenvalue weighted by Gasteiger charge is -2.23. The average molecular weight is 338 g/mol. The van der Waals surface area contributed by atoms with Crippen molar-refractivity contribution >= 4 is 11.9 Å². The Morgan fingerprint density at radius 1 is 1.12 bits per heavy atom. The van der Waals surface area contributed by atoms with Crippen LogP contribution in [-0.2, 0) is 29.7 Å². The minimum Gasteiger partial charge on any atom is -0.319 e. The number of fused-ring (bicyclic) bond motifs is 1. The summed E-state index contributed by atoms with van der Waals surface area (Å²) in [5.41, 5.74) is 2.55. The highest BCUT2D eigenvalue weighted by Gasteiger charge is 2.49. The fraction of sp³-hybridized carbons (Fsp3) is 0.300. The summed E-state index contributed by atoms with van der Waals surface area (Å²) in [6.07, 6.45) is 3.18. The van der Waals surface area contributed by atoms with Crippen LogP contribution in [0.25, 0.3) is 0 Å². The van der Waals surface area contributed by atoms with Gasteiger partial charge < -0.3 is 5.32 Å². The molecule has 0 spiro atoms. The van der Waals surface area contributed by atoms with Gasteiger partial charge in [-0.15, -0.1) is 0 Å². The minimum atomic E-state index is -1.11. The fourth-order valence-electron chi connectivity index (χ4n) is 3.72. The van der Waals surface area contributed by atoms with Gasteiger partial charge in [0.05, 0.1) is 6.54 Å². The Kier molecular flexibility index (Phi) is 3.60. The standard InChI is InChI=1S/C20H19FN2O2/c1-20(16-10-9-13-6-4-7-14(13)11-16)18(24)23(19(25)22-20)12-15-5-2-3-8-17(15)21/h2-3,5,8-11H,4,6-7,12H2,1H3,(H,22,25). The van der Waals surface area contributed by atoms with Crippen LogP contribution >= 0.6 is 0 Å². The Morgan fingerprint density at radius 3 is 2.68 bits per heavy atom. The monoisotopic (exact) mass is 338 g/mol. The van der Waals surface area contributed by atoms with Gasteiger partial charge in [0, 0.05) is 5.56 Å². The van der Waals surface area contributed by atoms with E-state index >= 15 is 0 Å². The average Bonchev–Trinajstić information content (AvgIpc) is 3.15. The molecule has 4 nitrogen and oxygen atoms in total. The van der Waals surface area contributed by atoms with Gasteiger partial charge in [0.2, 0.25) is 0 Å². The van der Waals surface area contributed by atoms with Crippen LogP contribution in [0.1, 0.15) is 35.6 Å². The summed E-state index contributed by atoms with van der Waals surface area (Å²) in [6.45, 7) is 1.64. The molecular formula is C20H19FN2O2. The Bertz CT molecular complexity index is 880. The fourth-order valence-corrected chi connectivity index (χ4v) is 3.72. The normalized spacial score (nSPS) is 22.2. The van der Waals surface area contributed by atoms with E-state index in [9.17, 15) is 14.0 Å². The summed E-state index contributed by atoms with van der Waals surface area (Å²) in [6, 6.07) is 11.7. The molecule has 1 N–H and O–H groups in total. The lowest BCUT2D eigenvalue weighted by atomic mass is 9.89. The quantitative estimate of drug-likeness (QED) is 0.873. The van der Waals surface area contributed by atoms with E-state index in [0.29, 0.717) is 5.56 Å². The molecule has 3 amide bonds. The molecule has 4 rings (SSSR count). The first kappa shape index (κ1) is 15.8. The van der Waals surface area contributed by atoms with Gasteiger partial charge in [0.1, 0.15) is 11.4 Å². The molecule has 2 aliphatic rings. The van der Waals surface area contributed by atoms with Crippen LogP contribution in [0.5, 0.6) is 0 Å². The van der Waals surface area contributed by atoms with Crippen LogP contribution in [0.15, 0.2) is 42.5 Å². The summed E-state index contributed by atoms with van der Waals surface area (Å²) in [4.78, 5) is 26.5. The number of rotatable bonds is 3. The molecule has 1 heterocycles. The zero-order chi connectivity index (χ0) is 17.6. The van der Waals surface area contributed by atoms with Crippen molar-refractivity contribution in [2.45, 2.75) is 38.3 Å². The van der Waals surface area contributed by atoms with Gasteiger partial charge in [-0.3, -0.25) is 9.69 Å². The van der Waals surface area contributed by atoms with E-state index < -0.39 is 17.4 Å². The minimum absolute atomic E-state index is 0.0716. The predicted molar refractivity (Wildman–Crippen MR) is 91.3 cm³/mol. The van der Waals surface area contributed by atoms with Gasteiger partial charge in [0.25, 0.3) is 5.91 Å². The van der Waals surface area contributed by atoms with Crippen molar-refractivity contribution in [1.82, 2.24) is 10.2 Å². The topological polar surface area (TPSA) is 49.4 Å². The number of imide groups is 1. The summed E-state index contributed by atoms with van der Waals surface area (Å²) in [5, 5.41) is 2.79. The van der Waals surface area contributed by atoms with E-state index in [2.05, 4.69) is 5.32 Å². The number of urea groups is 1. The number of hydrogen-bond acceptors (Lipinski definition) is 2. The zero-order valence-corrected chi connectivity index (χ0v) is 14.0. The van der Waals surface area contributed by atoms with Gasteiger partial charge in [-0.05, 0) is 48.9 Å². The molecule has 2 aromatic rings. The van der Waals surface area contributed by atoms with E-state index in [1.54, 1.807) is 25.1 Å². The van der Waals surface area contributed by atoms with Crippen LogP contribution in [-0.4, -0.2) is 16.8 Å². The molecule has 2 aromatic carbocycles. The van der Waals surface area contributed by atoms with E-state index in [-0.39, 0.29) is 12.5 Å². The van der Waals surface area contributed by atoms with Crippen LogP contribution in [0.4, 0.5) is 9.18 Å². The number of halogens is 1. The Hall–Kier alpha value is -2.69. The molecule has 5 heteroatoms. The molecule has 1 fully saturated rings. The molecule has 0 saturated carbocycles. The molecule has 128 valence electrons. The SMILES string of the molecule is CC1(c2ccc3c(c2)CCC3)NC(=O)N(Cc2ccccc2F)C1=O. The number of amides is 3. The van der Waals surface area contributed by atoms with E-state index in [1.807, 2.05) is 18.2 Å². The van der Waals surface area contributed by atoms with Crippen LogP contribution in [0.2, 0.25) is 0 Å². The van der Waals surface area contributed by atoms with Crippen molar-refractivity contribution in [2.24, 2.45) is 0 Å². The first-order valence-corrected chi connectivity index (χ1v) is 8.49. The molecule has 1 atom stereocenters. The van der Waals surface area contributed by atoms with Crippen LogP contribution < -0.4 is 5.32 Å². The largest absolute Gasteiger partial charge is 0.325 e. The number of aryl methyl sites for hydroxylation is 2. The summed E-state index contributed by atoms with van der Waals surface area (Å²) >= 11 is 0. The van der Waals surface area contributed by atoms with Crippen molar-refractivity contribution in [1.29, 1.82) is 0 Å². The molecular weight excluding hydrogens is 319 g/mol. The van der Waals surface area contributed by atoms with Gasteiger partial charge in [0.15, 0.2) is 0 Å². The molecule has 1 saturated heterocycles. The molecule has 0 bridgehead atoms. The lowest BCUT2D eigenvalue weighted by Crippen LogP contribution is -2.41. The maximum Gasteiger partial charge on any atom is 0.325 e. The van der Waals surface area contributed by atoms with Crippen molar-refractivity contribution < 1.29 is 14.0 Å². The van der Waals surface area contributed by atoms with Crippen molar-refractivity contribution in [3.05, 3.63) is 70.5 Å². The number of nitrogens with zero attached hydrogens (tertiary/aromatic N) is 1. The second kappa shape index (κ2) is 5.69. The first-order chi connectivity index (χ1) is 12.0. The van der Waals surface area contributed by atoms with E-state index in [4.69, 9.17) is 0 Å². The van der Waals surface area contributed by atoms with Gasteiger partial charge in [-0.2, -0.15) is 0 Å². The highest BCUT2D eigenvalue weighted by Crippen LogP contribution is 2.33. The van der Waals surface area contributed by atoms with Crippen molar-refractivity contribution in [3.63, 3.8) is 0 Å². The third-order valence-corrected chi connectivity index (χ3v) is 5.24. The first-order valence-electron chi connectivity index (χ1n) is 8.49. The van der Waals surface area contributed by atoms with Gasteiger partial charge >= 0.3 is 6.03 Å². The van der Waals surface area contributed by atoms with E-state index in [1.165, 1.54) is 17.2 Å². The van der Waals surface area contributed by atoms with Gasteiger partial charge in [-0.1, -0.05) is 36.4 Å². The number of nitrogens with one attached hydrogen (secondary N) is 1. The van der Waals surface area contributed by atoms with Gasteiger partial charge in [-0.25, -0.2) is 9.18 Å². The Morgan fingerprint density at radius 2 is 1.88 bits per heavy atom. The highest BCUT2D eigenvalue weighted by atomic mass is 19.1. The Balaban J connectivity index is 1.65. The van der Waals surface area contributed by atoms with Crippen LogP contribution in [0, 0.1) is 5.82 Å². The zero-order valence-electron chi connectivity index (χ0n) is 14.0. The molecule has 1 unspecified atom stereocenters. The van der Waals surface area contributed by atoms with Crippen molar-refractivity contribution in [3.8, 4) is 0 Å². The molecule has 25 heavy (non-hydrogen) atoms. The number of carbonyl (C=O) groups excluding carboxylic acids is 2. The maximum absolute atomic E-state index is 13.9. The number of carbonyl (C=O) groups is 2. The summed E-state index contributed by atoms with van der Waals surface area (Å²) in [7, 11) is 0. The molecule has 0 aromatic heterocycles. The third-order valence-electron chi connectivity index (χ3n) is 5.24. The smallest absolute Gasteiger partial charge is 0.319 e. The highest BCUT2D eigenvalue weighted by molar-refractivity contribution is 6.07. The summed E-state index contributed by atoms with van der Waals surface area (Å²) in [5.74, 6) is -0.770. The number of hydrogen-bond donors (Lipinski definition) is 1. The Labute approximate surface area is 145 Å². The third kappa shape index (κ3) is 2.51. The molecule has 1 aliphatic heterocycles. The summed E-state index contributed by atoms with van der Waals surface area (Å²) < 4.78 is 13.9. The predicted octanol–water partition coefficient (Wildman–Crippen LogP) is 3.28. The molecule has 1 aliphatic carbocycles.